The minimum absolute atomic E-state index is 0.0684. The van der Waals surface area contributed by atoms with Crippen LogP contribution >= 0.6 is 0 Å². The second kappa shape index (κ2) is 7.45. The summed E-state index contributed by atoms with van der Waals surface area (Å²) in [7, 11) is 1.66. The van der Waals surface area contributed by atoms with Crippen molar-refractivity contribution in [1.29, 1.82) is 0 Å². The number of methoxy groups -OCH3 is 1. The molecule has 0 saturated carbocycles. The van der Waals surface area contributed by atoms with Crippen LogP contribution in [0.4, 0.5) is 0 Å². The van der Waals surface area contributed by atoms with E-state index in [2.05, 4.69) is 18.2 Å². The van der Waals surface area contributed by atoms with Gasteiger partial charge in [-0.2, -0.15) is 0 Å². The molecule has 0 bridgehead atoms. The first-order valence-electron chi connectivity index (χ1n) is 9.84. The first-order chi connectivity index (χ1) is 13.1. The number of piperidine rings is 1. The Morgan fingerprint density at radius 1 is 1.19 bits per heavy atom. The minimum atomic E-state index is -0.548. The molecule has 4 unspecified atom stereocenters. The zero-order valence-corrected chi connectivity index (χ0v) is 15.9. The number of ether oxygens (including phenoxy) is 1. The summed E-state index contributed by atoms with van der Waals surface area (Å²) >= 11 is 0. The van der Waals surface area contributed by atoms with Crippen LogP contribution in [-0.4, -0.2) is 30.0 Å². The summed E-state index contributed by atoms with van der Waals surface area (Å²) in [6.45, 7) is 1.94. The zero-order valence-electron chi connectivity index (χ0n) is 15.9. The molecule has 0 N–H and O–H groups in total. The molecule has 1 fully saturated rings. The topological polar surface area (TPSA) is 52.6 Å². The van der Waals surface area contributed by atoms with Crippen molar-refractivity contribution >= 4 is 5.78 Å². The molecule has 4 nitrogen and oxygen atoms in total. The van der Waals surface area contributed by atoms with Gasteiger partial charge in [-0.25, -0.2) is 0 Å². The predicted octanol–water partition coefficient (Wildman–Crippen LogP) is 4.11. The number of hydrogen-bond donors (Lipinski definition) is 0. The van der Waals surface area contributed by atoms with E-state index in [-0.39, 0.29) is 23.7 Å². The van der Waals surface area contributed by atoms with Crippen molar-refractivity contribution in [3.63, 3.8) is 0 Å². The summed E-state index contributed by atoms with van der Waals surface area (Å²) in [6.07, 6.45) is 3.00. The number of hydrogen-bond acceptors (Lipinski definition) is 4. The number of aryl methyl sites for hydroxylation is 1. The molecule has 4 rings (SSSR count). The summed E-state index contributed by atoms with van der Waals surface area (Å²) in [4.78, 5) is 13.2. The highest BCUT2D eigenvalue weighted by Gasteiger charge is 2.47. The summed E-state index contributed by atoms with van der Waals surface area (Å²) in [5.74, 6) is 0.809. The molecule has 2 aromatic carbocycles. The molecule has 1 aliphatic heterocycles. The number of carbonyl (C=O) groups is 1. The van der Waals surface area contributed by atoms with Crippen molar-refractivity contribution in [3.8, 4) is 5.75 Å². The lowest BCUT2D eigenvalue weighted by atomic mass is 9.65. The number of hydroxylamine groups is 2. The predicted molar refractivity (Wildman–Crippen MR) is 106 cm³/mol. The minimum Gasteiger partial charge on any atom is -0.784 e. The Morgan fingerprint density at radius 3 is 2.67 bits per heavy atom. The van der Waals surface area contributed by atoms with E-state index < -0.39 is 6.04 Å². The molecule has 0 spiro atoms. The first-order valence-corrected chi connectivity index (χ1v) is 9.84. The van der Waals surface area contributed by atoms with Crippen LogP contribution in [0.3, 0.4) is 0 Å². The molecule has 1 aliphatic carbocycles. The fourth-order valence-electron chi connectivity index (χ4n) is 4.96. The van der Waals surface area contributed by atoms with E-state index in [0.717, 1.165) is 34.8 Å². The first kappa shape index (κ1) is 18.2. The Kier molecular flexibility index (Phi) is 5.02. The van der Waals surface area contributed by atoms with Gasteiger partial charge in [-0.3, -0.25) is 4.79 Å². The molecular formula is C23H26NO3-. The lowest BCUT2D eigenvalue weighted by Crippen LogP contribution is -2.57. The van der Waals surface area contributed by atoms with Gasteiger partial charge in [0.1, 0.15) is 5.75 Å². The molecule has 4 heteroatoms. The van der Waals surface area contributed by atoms with E-state index >= 15 is 0 Å². The number of benzene rings is 2. The molecule has 1 heterocycles. The number of rotatable bonds is 4. The van der Waals surface area contributed by atoms with Gasteiger partial charge in [-0.15, -0.1) is 0 Å². The summed E-state index contributed by atoms with van der Waals surface area (Å²) in [5, 5.41) is 14.2. The maximum absolute atomic E-state index is 13.2. The lowest BCUT2D eigenvalue weighted by molar-refractivity contribution is -0.133. The van der Waals surface area contributed by atoms with Crippen molar-refractivity contribution in [1.82, 2.24) is 5.06 Å². The molecule has 1 saturated heterocycles. The Bertz CT molecular complexity index is 820. The van der Waals surface area contributed by atoms with E-state index in [9.17, 15) is 10.0 Å². The van der Waals surface area contributed by atoms with Crippen molar-refractivity contribution in [2.75, 3.05) is 7.11 Å². The average molecular weight is 364 g/mol. The molecule has 142 valence electrons. The van der Waals surface area contributed by atoms with Gasteiger partial charge in [0.2, 0.25) is 0 Å². The van der Waals surface area contributed by atoms with Gasteiger partial charge in [0.05, 0.1) is 13.2 Å². The smallest absolute Gasteiger partial charge is 0.156 e. The summed E-state index contributed by atoms with van der Waals surface area (Å²) in [6, 6.07) is 15.5. The van der Waals surface area contributed by atoms with Crippen molar-refractivity contribution in [3.05, 3.63) is 70.4 Å². The normalized spacial score (nSPS) is 27.7. The number of Topliss-reactive ketones (excluding diaryl/α,β-unsaturated/α-hetero) is 1. The largest absolute Gasteiger partial charge is 0.784 e. The second-order valence-electron chi connectivity index (χ2n) is 7.69. The maximum Gasteiger partial charge on any atom is 0.156 e. The van der Waals surface area contributed by atoms with Crippen molar-refractivity contribution in [2.24, 2.45) is 5.92 Å². The highest BCUT2D eigenvalue weighted by atomic mass is 16.5. The van der Waals surface area contributed by atoms with Gasteiger partial charge in [-0.1, -0.05) is 43.3 Å². The molecule has 27 heavy (non-hydrogen) atoms. The fourth-order valence-corrected chi connectivity index (χ4v) is 4.96. The number of fused-ring (bicyclic) bond motifs is 3. The van der Waals surface area contributed by atoms with Crippen LogP contribution in [-0.2, 0) is 17.6 Å². The molecular weight excluding hydrogens is 338 g/mol. The third-order valence-electron chi connectivity index (χ3n) is 6.30. The molecule has 2 aliphatic rings. The lowest BCUT2D eigenvalue weighted by Gasteiger charge is -2.54. The number of nitrogens with zero attached hydrogens (tertiary/aromatic N) is 1. The van der Waals surface area contributed by atoms with Crippen LogP contribution in [0.5, 0.6) is 5.75 Å². The summed E-state index contributed by atoms with van der Waals surface area (Å²) in [5.41, 5.74) is 3.45. The molecule has 4 atom stereocenters. The summed E-state index contributed by atoms with van der Waals surface area (Å²) < 4.78 is 5.36. The molecule has 0 radical (unpaired) electrons. The van der Waals surface area contributed by atoms with E-state index in [1.54, 1.807) is 7.11 Å². The van der Waals surface area contributed by atoms with Gasteiger partial charge in [0.15, 0.2) is 5.78 Å². The quantitative estimate of drug-likeness (QED) is 0.819. The van der Waals surface area contributed by atoms with Crippen LogP contribution in [0, 0.1) is 11.1 Å². The Labute approximate surface area is 160 Å². The van der Waals surface area contributed by atoms with Crippen LogP contribution in [0.15, 0.2) is 48.5 Å². The van der Waals surface area contributed by atoms with Crippen molar-refractivity contribution in [2.45, 2.75) is 50.6 Å². The Morgan fingerprint density at radius 2 is 1.96 bits per heavy atom. The maximum atomic E-state index is 13.2. The van der Waals surface area contributed by atoms with Gasteiger partial charge < -0.3 is 15.0 Å². The zero-order chi connectivity index (χ0) is 19.0. The average Bonchev–Trinajstić information content (AvgIpc) is 2.71. The Balaban J connectivity index is 1.73. The van der Waals surface area contributed by atoms with E-state index in [1.165, 1.54) is 5.56 Å². The number of ketones is 1. The standard InChI is InChI=1S/C23H26NO3/c1-3-20-23(25)22-18-12-10-17(27-2)14-16(18)9-11-19(22)21(24(20)26)13-15-7-5-4-6-8-15/h4-8,10,12,14,19-22H,3,9,11,13H2,1-2H3/q-1. The Hall–Kier alpha value is -2.17. The van der Waals surface area contributed by atoms with Crippen LogP contribution in [0.2, 0.25) is 0 Å². The van der Waals surface area contributed by atoms with Gasteiger partial charge >= 0.3 is 0 Å². The van der Waals surface area contributed by atoms with Crippen LogP contribution in [0.1, 0.15) is 42.4 Å². The SMILES string of the molecule is CCC1C(=O)C2c3ccc(OC)cc3CCC2C(Cc2ccccc2)N1[O-]. The van der Waals surface area contributed by atoms with E-state index in [1.807, 2.05) is 37.3 Å². The highest BCUT2D eigenvalue weighted by molar-refractivity contribution is 5.92. The fraction of sp³-hybridized carbons (Fsp3) is 0.435. The monoisotopic (exact) mass is 364 g/mol. The van der Waals surface area contributed by atoms with E-state index in [4.69, 9.17) is 4.74 Å². The molecule has 2 aromatic rings. The van der Waals surface area contributed by atoms with Crippen LogP contribution < -0.4 is 4.74 Å². The van der Waals surface area contributed by atoms with Gasteiger partial charge in [0.25, 0.3) is 0 Å². The highest BCUT2D eigenvalue weighted by Crippen LogP contribution is 2.46. The van der Waals surface area contributed by atoms with Crippen molar-refractivity contribution < 1.29 is 9.53 Å². The van der Waals surface area contributed by atoms with Gasteiger partial charge in [0, 0.05) is 12.0 Å². The van der Waals surface area contributed by atoms with Gasteiger partial charge in [-0.05, 0) is 60.4 Å². The molecule has 0 aromatic heterocycles. The second-order valence-corrected chi connectivity index (χ2v) is 7.69. The number of carbonyl (C=O) groups excluding carboxylic acids is 1. The molecule has 0 amide bonds. The third kappa shape index (κ3) is 3.17. The van der Waals surface area contributed by atoms with E-state index in [0.29, 0.717) is 12.8 Å². The third-order valence-corrected chi connectivity index (χ3v) is 6.30. The van der Waals surface area contributed by atoms with Crippen LogP contribution in [0.25, 0.3) is 0 Å².